The molecule has 0 fully saturated rings. The van der Waals surface area contributed by atoms with Gasteiger partial charge in [-0.2, -0.15) is 0 Å². The summed E-state index contributed by atoms with van der Waals surface area (Å²) in [6, 6.07) is 41.1. The quantitative estimate of drug-likeness (QED) is 0.176. The zero-order valence-electron chi connectivity index (χ0n) is 25.1. The monoisotopic (exact) mass is 593 g/mol. The Labute approximate surface area is 266 Å². The Morgan fingerprint density at radius 3 is 2.31 bits per heavy atom. The van der Waals surface area contributed by atoms with Crippen molar-refractivity contribution in [2.24, 2.45) is 5.92 Å². The van der Waals surface area contributed by atoms with Crippen LogP contribution in [0.25, 0.3) is 71.3 Å². The maximum Gasteiger partial charge on any atom is 0.0541 e. The normalized spacial score (nSPS) is 17.5. The highest BCUT2D eigenvalue weighted by atomic mass is 32.1. The third-order valence-corrected chi connectivity index (χ3v) is 11.6. The molecule has 214 valence electrons. The van der Waals surface area contributed by atoms with E-state index in [9.17, 15) is 0 Å². The topological polar surface area (TPSA) is 4.93 Å². The summed E-state index contributed by atoms with van der Waals surface area (Å²) in [7, 11) is 0. The molecule has 0 aliphatic heterocycles. The van der Waals surface area contributed by atoms with Crippen molar-refractivity contribution in [2.45, 2.75) is 25.7 Å². The van der Waals surface area contributed by atoms with Gasteiger partial charge >= 0.3 is 0 Å². The molecule has 2 heterocycles. The molecule has 0 N–H and O–H groups in total. The molecule has 2 aromatic heterocycles. The fourth-order valence-electron chi connectivity index (χ4n) is 8.20. The minimum Gasteiger partial charge on any atom is -0.309 e. The number of hydrogen-bond acceptors (Lipinski definition) is 1. The highest BCUT2D eigenvalue weighted by molar-refractivity contribution is 7.19. The van der Waals surface area contributed by atoms with Crippen molar-refractivity contribution < 1.29 is 0 Å². The van der Waals surface area contributed by atoms with Gasteiger partial charge < -0.3 is 4.57 Å². The molecule has 2 aliphatic carbocycles. The lowest BCUT2D eigenvalue weighted by Gasteiger charge is -2.22. The first-order valence-electron chi connectivity index (χ1n) is 16.1. The molecule has 0 bridgehead atoms. The van der Waals surface area contributed by atoms with Crippen LogP contribution in [0.2, 0.25) is 0 Å². The number of aromatic nitrogens is 1. The summed E-state index contributed by atoms with van der Waals surface area (Å²) in [6.07, 6.45) is 11.6. The first kappa shape index (κ1) is 25.4. The Bertz CT molecular complexity index is 2570. The summed E-state index contributed by atoms with van der Waals surface area (Å²) in [5.74, 6) is 0.930. The van der Waals surface area contributed by atoms with E-state index in [4.69, 9.17) is 0 Å². The summed E-state index contributed by atoms with van der Waals surface area (Å²) in [4.78, 5) is 1.50. The van der Waals surface area contributed by atoms with E-state index < -0.39 is 0 Å². The Morgan fingerprint density at radius 1 is 0.622 bits per heavy atom. The lowest BCUT2D eigenvalue weighted by molar-refractivity contribution is 0.722. The Kier molecular flexibility index (Phi) is 5.39. The highest BCUT2D eigenvalue weighted by Gasteiger charge is 2.25. The molecule has 45 heavy (non-hydrogen) atoms. The lowest BCUT2D eigenvalue weighted by atomic mass is 9.83. The maximum atomic E-state index is 2.48. The molecular weight excluding hydrogens is 563 g/mol. The van der Waals surface area contributed by atoms with Gasteiger partial charge in [0.1, 0.15) is 0 Å². The lowest BCUT2D eigenvalue weighted by Crippen LogP contribution is -2.05. The molecule has 8 aromatic rings. The standard InChI is InChI=1S/C43H31NS/c1-26-17-20-32-30-9-2-3-10-31(30)38-25-28(19-21-33(38)37(32)23-26)44-40-15-6-4-11-34(40)39-24-27(18-22-41(39)44)29-13-8-14-36-35-12-5-7-16-42(35)45-43(29)36/h2-12,14-22,24-26,29H,13,23H2,1H3. The van der Waals surface area contributed by atoms with Crippen molar-refractivity contribution >= 4 is 76.9 Å². The van der Waals surface area contributed by atoms with Crippen LogP contribution < -0.4 is 0 Å². The van der Waals surface area contributed by atoms with Gasteiger partial charge in [0.15, 0.2) is 0 Å². The van der Waals surface area contributed by atoms with Crippen molar-refractivity contribution in [3.8, 4) is 5.69 Å². The highest BCUT2D eigenvalue weighted by Crippen LogP contribution is 2.46. The number of nitrogens with zero attached hydrogens (tertiary/aromatic N) is 1. The number of hydrogen-bond donors (Lipinski definition) is 0. The fraction of sp³-hybridized carbons (Fsp3) is 0.116. The Morgan fingerprint density at radius 2 is 1.40 bits per heavy atom. The van der Waals surface area contributed by atoms with Crippen LogP contribution in [-0.2, 0) is 6.42 Å². The minimum absolute atomic E-state index is 0.378. The van der Waals surface area contributed by atoms with Gasteiger partial charge in [-0.1, -0.05) is 104 Å². The summed E-state index contributed by atoms with van der Waals surface area (Å²) in [5.41, 5.74) is 9.44. The predicted molar refractivity (Wildman–Crippen MR) is 195 cm³/mol. The maximum absolute atomic E-state index is 2.48. The fourth-order valence-corrected chi connectivity index (χ4v) is 9.53. The molecule has 1 nitrogen and oxygen atoms in total. The molecule has 2 heteroatoms. The largest absolute Gasteiger partial charge is 0.309 e. The summed E-state index contributed by atoms with van der Waals surface area (Å²) in [5, 5.41) is 9.44. The molecule has 0 saturated carbocycles. The van der Waals surface area contributed by atoms with Crippen LogP contribution in [0.5, 0.6) is 0 Å². The third kappa shape index (κ3) is 3.67. The predicted octanol–water partition coefficient (Wildman–Crippen LogP) is 12.1. The molecule has 2 unspecified atom stereocenters. The molecule has 0 amide bonds. The second-order valence-electron chi connectivity index (χ2n) is 12.9. The smallest absolute Gasteiger partial charge is 0.0541 e. The van der Waals surface area contributed by atoms with Crippen LogP contribution in [-0.4, -0.2) is 4.57 Å². The summed E-state index contributed by atoms with van der Waals surface area (Å²) in [6.45, 7) is 2.33. The number of para-hydroxylation sites is 1. The van der Waals surface area contributed by atoms with Crippen molar-refractivity contribution in [1.29, 1.82) is 0 Å². The van der Waals surface area contributed by atoms with E-state index in [0.717, 1.165) is 12.8 Å². The van der Waals surface area contributed by atoms with Gasteiger partial charge in [0.05, 0.1) is 11.0 Å². The van der Waals surface area contributed by atoms with E-state index in [1.54, 1.807) is 0 Å². The van der Waals surface area contributed by atoms with Gasteiger partial charge in [-0.15, -0.1) is 11.3 Å². The molecule has 0 saturated heterocycles. The second-order valence-corrected chi connectivity index (χ2v) is 14.0. The van der Waals surface area contributed by atoms with Crippen LogP contribution in [0.4, 0.5) is 0 Å². The molecular formula is C43H31NS. The van der Waals surface area contributed by atoms with Gasteiger partial charge in [-0.05, 0) is 104 Å². The van der Waals surface area contributed by atoms with Crippen LogP contribution in [0.1, 0.15) is 46.4 Å². The first-order chi connectivity index (χ1) is 22.2. The van der Waals surface area contributed by atoms with Crippen molar-refractivity contribution in [3.05, 3.63) is 148 Å². The van der Waals surface area contributed by atoms with Crippen LogP contribution in [0.3, 0.4) is 0 Å². The number of fused-ring (bicyclic) bond motifs is 12. The molecule has 0 radical (unpaired) electrons. The summed E-state index contributed by atoms with van der Waals surface area (Å²) < 4.78 is 3.86. The van der Waals surface area contributed by atoms with Crippen molar-refractivity contribution in [3.63, 3.8) is 0 Å². The van der Waals surface area contributed by atoms with Gasteiger partial charge in [-0.3, -0.25) is 0 Å². The molecule has 2 atom stereocenters. The molecule has 2 aliphatic rings. The molecule has 0 spiro atoms. The molecule has 10 rings (SSSR count). The zero-order valence-corrected chi connectivity index (χ0v) is 25.9. The Hall–Kier alpha value is -4.92. The van der Waals surface area contributed by atoms with E-state index >= 15 is 0 Å². The van der Waals surface area contributed by atoms with Gasteiger partial charge in [0, 0.05) is 32.0 Å². The summed E-state index contributed by atoms with van der Waals surface area (Å²) >= 11 is 1.96. The number of thiophene rings is 1. The van der Waals surface area contributed by atoms with Gasteiger partial charge in [-0.25, -0.2) is 0 Å². The SMILES string of the molecule is CC1C=Cc2c(c3ccc(-n4c5ccccc5c5cc(C6CC=Cc7c6sc6ccccc76)ccc54)cc3c3ccccc23)C1. The van der Waals surface area contributed by atoms with Gasteiger partial charge in [0.25, 0.3) is 0 Å². The Balaban J connectivity index is 1.19. The second kappa shape index (κ2) is 9.54. The average molecular weight is 594 g/mol. The van der Waals surface area contributed by atoms with E-state index in [2.05, 4.69) is 145 Å². The van der Waals surface area contributed by atoms with E-state index in [1.165, 1.54) is 86.3 Å². The number of benzene rings is 6. The van der Waals surface area contributed by atoms with Crippen molar-refractivity contribution in [2.75, 3.05) is 0 Å². The minimum atomic E-state index is 0.378. The van der Waals surface area contributed by atoms with E-state index in [1.807, 2.05) is 11.3 Å². The van der Waals surface area contributed by atoms with Crippen molar-refractivity contribution in [1.82, 2.24) is 4.57 Å². The zero-order chi connectivity index (χ0) is 29.6. The average Bonchev–Trinajstić information content (AvgIpc) is 3.64. The third-order valence-electron chi connectivity index (χ3n) is 10.3. The number of allylic oxidation sites excluding steroid dienone is 2. The van der Waals surface area contributed by atoms with Gasteiger partial charge in [0.2, 0.25) is 0 Å². The number of rotatable bonds is 2. The molecule has 6 aromatic carbocycles. The van der Waals surface area contributed by atoms with Crippen LogP contribution >= 0.6 is 11.3 Å². The van der Waals surface area contributed by atoms with E-state index in [-0.39, 0.29) is 0 Å². The van der Waals surface area contributed by atoms with Crippen LogP contribution in [0, 0.1) is 5.92 Å². The van der Waals surface area contributed by atoms with Crippen LogP contribution in [0.15, 0.2) is 121 Å². The first-order valence-corrected chi connectivity index (χ1v) is 16.9. The van der Waals surface area contributed by atoms with E-state index in [0.29, 0.717) is 11.8 Å².